The van der Waals surface area contributed by atoms with Gasteiger partial charge in [0.1, 0.15) is 11.2 Å². The molecule has 0 saturated heterocycles. The van der Waals surface area contributed by atoms with E-state index in [1.165, 1.54) is 0 Å². The summed E-state index contributed by atoms with van der Waals surface area (Å²) in [6, 6.07) is 0. The van der Waals surface area contributed by atoms with Gasteiger partial charge >= 0.3 is 11.9 Å². The van der Waals surface area contributed by atoms with Crippen LogP contribution in [0.1, 0.15) is 94.9 Å². The van der Waals surface area contributed by atoms with Gasteiger partial charge in [-0.25, -0.2) is 9.59 Å². The first kappa shape index (κ1) is 24.9. The van der Waals surface area contributed by atoms with E-state index in [9.17, 15) is 9.59 Å². The summed E-state index contributed by atoms with van der Waals surface area (Å²) in [5.74, 6) is -0.776. The van der Waals surface area contributed by atoms with E-state index in [0.717, 1.165) is 25.7 Å². The van der Waals surface area contributed by atoms with Crippen molar-refractivity contribution in [3.63, 3.8) is 0 Å². The van der Waals surface area contributed by atoms with Gasteiger partial charge in [0.25, 0.3) is 0 Å². The second-order valence-corrected chi connectivity index (χ2v) is 10.1. The summed E-state index contributed by atoms with van der Waals surface area (Å²) in [7, 11) is 0. The first-order valence-electron chi connectivity index (χ1n) is 9.27. The van der Waals surface area contributed by atoms with Gasteiger partial charge in [0, 0.05) is 0 Å². The van der Waals surface area contributed by atoms with Crippen molar-refractivity contribution < 1.29 is 29.1 Å². The molecule has 0 aromatic heterocycles. The maximum atomic E-state index is 11.8. The van der Waals surface area contributed by atoms with Crippen molar-refractivity contribution in [2.24, 2.45) is 10.8 Å². The molecule has 0 aromatic carbocycles. The second-order valence-electron chi connectivity index (χ2n) is 10.1. The molecule has 6 nitrogen and oxygen atoms in total. The van der Waals surface area contributed by atoms with Gasteiger partial charge in [-0.2, -0.15) is 9.78 Å². The van der Waals surface area contributed by atoms with Crippen LogP contribution in [0.2, 0.25) is 0 Å². The molecular weight excluding hydrogens is 336 g/mol. The Bertz CT molecular complexity index is 422. The van der Waals surface area contributed by atoms with Crippen LogP contribution in [0.25, 0.3) is 0 Å². The van der Waals surface area contributed by atoms with E-state index in [1.807, 2.05) is 27.7 Å². The van der Waals surface area contributed by atoms with E-state index in [4.69, 9.17) is 19.6 Å². The Kier molecular flexibility index (Phi) is 8.77. The molecule has 0 saturated carbocycles. The third-order valence-electron chi connectivity index (χ3n) is 3.72. The maximum absolute atomic E-state index is 11.8. The molecule has 6 heteroatoms. The normalized spacial score (nSPS) is 13.5. The van der Waals surface area contributed by atoms with E-state index >= 15 is 0 Å². The van der Waals surface area contributed by atoms with Crippen molar-refractivity contribution in [1.82, 2.24) is 0 Å². The number of hydrogen-bond acceptors (Lipinski definition) is 6. The molecule has 0 aromatic rings. The molecule has 0 heterocycles. The average Bonchev–Trinajstić information content (AvgIpc) is 2.45. The largest absolute Gasteiger partial charge is 0.347 e. The zero-order chi connectivity index (χ0) is 20.8. The Morgan fingerprint density at radius 3 is 1.08 bits per heavy atom. The molecule has 0 unspecified atom stereocenters. The Balaban J connectivity index is 4.18. The van der Waals surface area contributed by atoms with Gasteiger partial charge in [-0.15, -0.1) is 0 Å². The topological polar surface area (TPSA) is 71.1 Å². The third-order valence-corrected chi connectivity index (χ3v) is 3.72. The Morgan fingerprint density at radius 1 is 0.577 bits per heavy atom. The van der Waals surface area contributed by atoms with Crippen molar-refractivity contribution in [2.45, 2.75) is 106 Å². The van der Waals surface area contributed by atoms with Crippen molar-refractivity contribution in [3.05, 3.63) is 0 Å². The Hall–Kier alpha value is -1.14. The highest BCUT2D eigenvalue weighted by Gasteiger charge is 2.30. The quantitative estimate of drug-likeness (QED) is 0.316. The molecule has 0 atom stereocenters. The summed E-state index contributed by atoms with van der Waals surface area (Å²) in [5.41, 5.74) is -2.32. The van der Waals surface area contributed by atoms with Crippen LogP contribution in [0.5, 0.6) is 0 Å². The van der Waals surface area contributed by atoms with E-state index in [-0.39, 0.29) is 11.9 Å². The third kappa shape index (κ3) is 10.8. The first-order chi connectivity index (χ1) is 11.5. The van der Waals surface area contributed by atoms with Gasteiger partial charge in [0.05, 0.1) is 10.8 Å². The summed E-state index contributed by atoms with van der Waals surface area (Å²) < 4.78 is 0. The minimum absolute atomic E-state index is 0.388. The lowest BCUT2D eigenvalue weighted by molar-refractivity contribution is -0.333. The standard InChI is InChI=1S/C20H38O6/c1-17(2,3)15(21)23-25-19(7,8)13-11-12-14-20(9,10)26-24-16(22)18(4,5)6/h11-14H2,1-10H3. The van der Waals surface area contributed by atoms with Crippen LogP contribution in [-0.2, 0) is 29.1 Å². The number of unbranched alkanes of at least 4 members (excludes halogenated alkanes) is 1. The molecule has 0 amide bonds. The van der Waals surface area contributed by atoms with Crippen molar-refractivity contribution in [3.8, 4) is 0 Å². The van der Waals surface area contributed by atoms with Gasteiger partial charge in [0.15, 0.2) is 0 Å². The lowest BCUT2D eigenvalue weighted by Gasteiger charge is -2.27. The SMILES string of the molecule is CC(C)(CCCCC(C)(C)OOC(=O)C(C)(C)C)OOC(=O)C(C)(C)C. The smallest absolute Gasteiger partial charge is 0.297 e. The molecular formula is C20H38O6. The molecule has 26 heavy (non-hydrogen) atoms. The summed E-state index contributed by atoms with van der Waals surface area (Å²) in [6.45, 7) is 18.2. The van der Waals surface area contributed by atoms with Crippen LogP contribution < -0.4 is 0 Å². The molecule has 0 rings (SSSR count). The lowest BCUT2D eigenvalue weighted by atomic mass is 9.96. The van der Waals surface area contributed by atoms with Crippen LogP contribution in [0.4, 0.5) is 0 Å². The van der Waals surface area contributed by atoms with Gasteiger partial charge in [-0.1, -0.05) is 12.8 Å². The molecule has 0 aliphatic carbocycles. The highest BCUT2D eigenvalue weighted by atomic mass is 17.2. The molecule has 0 aliphatic rings. The predicted octanol–water partition coefficient (Wildman–Crippen LogP) is 5.15. The minimum atomic E-state index is -0.595. The van der Waals surface area contributed by atoms with Crippen LogP contribution in [0, 0.1) is 10.8 Å². The number of rotatable bonds is 9. The fourth-order valence-corrected chi connectivity index (χ4v) is 1.74. The predicted molar refractivity (Wildman–Crippen MR) is 99.9 cm³/mol. The minimum Gasteiger partial charge on any atom is -0.297 e. The Morgan fingerprint density at radius 2 is 0.846 bits per heavy atom. The van der Waals surface area contributed by atoms with Crippen LogP contribution >= 0.6 is 0 Å². The summed E-state index contributed by atoms with van der Waals surface area (Å²) in [5, 5.41) is 0. The zero-order valence-corrected chi connectivity index (χ0v) is 18.3. The molecule has 0 fully saturated rings. The van der Waals surface area contributed by atoms with Gasteiger partial charge in [0.2, 0.25) is 0 Å². The van der Waals surface area contributed by atoms with E-state index in [2.05, 4.69) is 0 Å². The fraction of sp³-hybridized carbons (Fsp3) is 0.900. The number of carbonyl (C=O) groups excluding carboxylic acids is 2. The highest BCUT2D eigenvalue weighted by Crippen LogP contribution is 2.25. The molecule has 0 radical (unpaired) electrons. The molecule has 154 valence electrons. The summed E-state index contributed by atoms with van der Waals surface area (Å²) in [6.07, 6.45) is 3.17. The average molecular weight is 375 g/mol. The van der Waals surface area contributed by atoms with Gasteiger partial charge in [-0.3, -0.25) is 9.78 Å². The van der Waals surface area contributed by atoms with Crippen LogP contribution in [-0.4, -0.2) is 23.1 Å². The van der Waals surface area contributed by atoms with Crippen molar-refractivity contribution in [2.75, 3.05) is 0 Å². The monoisotopic (exact) mass is 374 g/mol. The first-order valence-corrected chi connectivity index (χ1v) is 9.27. The second kappa shape index (κ2) is 9.18. The van der Waals surface area contributed by atoms with Crippen LogP contribution in [0.15, 0.2) is 0 Å². The van der Waals surface area contributed by atoms with E-state index in [1.54, 1.807) is 41.5 Å². The Labute approximate surface area is 158 Å². The van der Waals surface area contributed by atoms with E-state index < -0.39 is 22.0 Å². The molecule has 0 spiro atoms. The van der Waals surface area contributed by atoms with Gasteiger partial charge < -0.3 is 0 Å². The fourth-order valence-electron chi connectivity index (χ4n) is 1.74. The highest BCUT2D eigenvalue weighted by molar-refractivity contribution is 5.75. The van der Waals surface area contributed by atoms with E-state index in [0.29, 0.717) is 0 Å². The van der Waals surface area contributed by atoms with Crippen LogP contribution in [0.3, 0.4) is 0 Å². The zero-order valence-electron chi connectivity index (χ0n) is 18.3. The lowest BCUT2D eigenvalue weighted by Crippen LogP contribution is -2.31. The summed E-state index contributed by atoms with van der Waals surface area (Å²) in [4.78, 5) is 44.1. The number of hydrogen-bond donors (Lipinski definition) is 0. The maximum Gasteiger partial charge on any atom is 0.347 e. The molecule has 0 N–H and O–H groups in total. The summed E-state index contributed by atoms with van der Waals surface area (Å²) >= 11 is 0. The molecule has 0 aliphatic heterocycles. The molecule has 0 bridgehead atoms. The van der Waals surface area contributed by atoms with Gasteiger partial charge in [-0.05, 0) is 82.1 Å². The van der Waals surface area contributed by atoms with Crippen molar-refractivity contribution >= 4 is 11.9 Å². The number of carbonyl (C=O) groups is 2. The van der Waals surface area contributed by atoms with Crippen molar-refractivity contribution in [1.29, 1.82) is 0 Å².